The summed E-state index contributed by atoms with van der Waals surface area (Å²) >= 11 is 0. The highest BCUT2D eigenvalue weighted by atomic mass is 16.5. The van der Waals surface area contributed by atoms with E-state index in [2.05, 4.69) is 0 Å². The number of rotatable bonds is 2. The minimum absolute atomic E-state index is 0.0966. The van der Waals surface area contributed by atoms with Gasteiger partial charge >= 0.3 is 0 Å². The molecule has 1 aliphatic rings. The van der Waals surface area contributed by atoms with E-state index in [-0.39, 0.29) is 11.7 Å². The van der Waals surface area contributed by atoms with Gasteiger partial charge < -0.3 is 9.64 Å². The summed E-state index contributed by atoms with van der Waals surface area (Å²) in [4.78, 5) is 26.1. The molecule has 0 aliphatic carbocycles. The molecule has 0 aromatic heterocycles. The summed E-state index contributed by atoms with van der Waals surface area (Å²) in [7, 11) is 1.59. The third-order valence-electron chi connectivity index (χ3n) is 3.72. The summed E-state index contributed by atoms with van der Waals surface area (Å²) in [6, 6.07) is 6.98. The number of hydrogen-bond acceptors (Lipinski definition) is 3. The molecule has 1 saturated heterocycles. The van der Waals surface area contributed by atoms with Gasteiger partial charge in [0.2, 0.25) is 0 Å². The predicted molar refractivity (Wildman–Crippen MR) is 72.4 cm³/mol. The predicted octanol–water partition coefficient (Wildman–Crippen LogP) is 2.28. The fourth-order valence-corrected chi connectivity index (χ4v) is 2.38. The second-order valence-corrected chi connectivity index (χ2v) is 5.27. The lowest BCUT2D eigenvalue weighted by molar-refractivity contribution is -0.130. The Balaban J connectivity index is 2.24. The molecule has 1 fully saturated rings. The van der Waals surface area contributed by atoms with Crippen molar-refractivity contribution in [3.05, 3.63) is 29.8 Å². The number of ether oxygens (including phenoxy) is 1. The average Bonchev–Trinajstić information content (AvgIpc) is 2.41. The Kier molecular flexibility index (Phi) is 3.60. The van der Waals surface area contributed by atoms with Gasteiger partial charge in [0.1, 0.15) is 5.75 Å². The first kappa shape index (κ1) is 13.6. The molecule has 1 amide bonds. The number of likely N-dealkylation sites (tertiary alicyclic amines) is 1. The summed E-state index contributed by atoms with van der Waals surface area (Å²) in [5.74, 6) is 0.742. The van der Waals surface area contributed by atoms with Crippen molar-refractivity contribution < 1.29 is 14.3 Å². The van der Waals surface area contributed by atoms with Crippen molar-refractivity contribution in [3.63, 3.8) is 0 Å². The standard InChI is InChI=1S/C15H19NO3/c1-15(2)13(17)5-4-10-16(15)14(18)11-6-8-12(19-3)9-7-11/h6-9H,4-5,10H2,1-3H3. The zero-order valence-electron chi connectivity index (χ0n) is 11.6. The van der Waals surface area contributed by atoms with Gasteiger partial charge in [-0.15, -0.1) is 0 Å². The number of ketones is 1. The largest absolute Gasteiger partial charge is 0.497 e. The third-order valence-corrected chi connectivity index (χ3v) is 3.72. The summed E-state index contributed by atoms with van der Waals surface area (Å²) in [5, 5.41) is 0. The molecular formula is C15H19NO3. The quantitative estimate of drug-likeness (QED) is 0.820. The molecule has 19 heavy (non-hydrogen) atoms. The lowest BCUT2D eigenvalue weighted by Gasteiger charge is -2.41. The molecule has 0 spiro atoms. The number of carbonyl (C=O) groups excluding carboxylic acids is 2. The molecule has 0 N–H and O–H groups in total. The van der Waals surface area contributed by atoms with Crippen molar-refractivity contribution in [2.45, 2.75) is 32.2 Å². The van der Waals surface area contributed by atoms with Gasteiger partial charge in [-0.05, 0) is 44.5 Å². The van der Waals surface area contributed by atoms with Crippen LogP contribution in [0.1, 0.15) is 37.0 Å². The molecule has 1 heterocycles. The van der Waals surface area contributed by atoms with E-state index in [9.17, 15) is 9.59 Å². The van der Waals surface area contributed by atoms with E-state index >= 15 is 0 Å². The van der Waals surface area contributed by atoms with Crippen molar-refractivity contribution in [1.82, 2.24) is 4.90 Å². The van der Waals surface area contributed by atoms with Gasteiger partial charge in [0.05, 0.1) is 12.6 Å². The molecule has 4 nitrogen and oxygen atoms in total. The van der Waals surface area contributed by atoms with Gasteiger partial charge in [0.15, 0.2) is 5.78 Å². The number of carbonyl (C=O) groups is 2. The lowest BCUT2D eigenvalue weighted by Crippen LogP contribution is -2.56. The molecule has 1 aliphatic heterocycles. The first-order valence-corrected chi connectivity index (χ1v) is 6.46. The molecule has 0 unspecified atom stereocenters. The molecule has 0 radical (unpaired) electrons. The first-order valence-electron chi connectivity index (χ1n) is 6.46. The molecule has 102 valence electrons. The Morgan fingerprint density at radius 3 is 2.47 bits per heavy atom. The number of hydrogen-bond donors (Lipinski definition) is 0. The van der Waals surface area contributed by atoms with Crippen LogP contribution in [0.5, 0.6) is 5.75 Å². The van der Waals surface area contributed by atoms with E-state index in [1.165, 1.54) is 0 Å². The van der Waals surface area contributed by atoms with Crippen LogP contribution in [0.2, 0.25) is 0 Å². The van der Waals surface area contributed by atoms with Gasteiger partial charge in [-0.1, -0.05) is 0 Å². The zero-order chi connectivity index (χ0) is 14.0. The number of piperidine rings is 1. The van der Waals surface area contributed by atoms with Crippen molar-refractivity contribution in [3.8, 4) is 5.75 Å². The van der Waals surface area contributed by atoms with Crippen LogP contribution in [0.3, 0.4) is 0 Å². The van der Waals surface area contributed by atoms with E-state index in [4.69, 9.17) is 4.74 Å². The Morgan fingerprint density at radius 2 is 1.89 bits per heavy atom. The van der Waals surface area contributed by atoms with Gasteiger partial charge in [-0.25, -0.2) is 0 Å². The van der Waals surface area contributed by atoms with Crippen molar-refractivity contribution in [1.29, 1.82) is 0 Å². The molecule has 0 atom stereocenters. The maximum Gasteiger partial charge on any atom is 0.254 e. The van der Waals surface area contributed by atoms with Crippen LogP contribution in [0.25, 0.3) is 0 Å². The summed E-state index contributed by atoms with van der Waals surface area (Å²) in [5.41, 5.74) is -0.126. The van der Waals surface area contributed by atoms with E-state index < -0.39 is 5.54 Å². The number of Topliss-reactive ketones (excluding diaryl/α,β-unsaturated/α-hetero) is 1. The molecule has 1 aromatic carbocycles. The topological polar surface area (TPSA) is 46.6 Å². The van der Waals surface area contributed by atoms with Crippen molar-refractivity contribution >= 4 is 11.7 Å². The van der Waals surface area contributed by atoms with Crippen LogP contribution in [0.4, 0.5) is 0 Å². The normalized spacial score (nSPS) is 18.3. The molecular weight excluding hydrogens is 242 g/mol. The minimum atomic E-state index is -0.713. The third kappa shape index (κ3) is 2.48. The number of benzene rings is 1. The number of methoxy groups -OCH3 is 1. The fourth-order valence-electron chi connectivity index (χ4n) is 2.38. The Morgan fingerprint density at radius 1 is 1.26 bits per heavy atom. The smallest absolute Gasteiger partial charge is 0.254 e. The van der Waals surface area contributed by atoms with E-state index in [1.54, 1.807) is 36.3 Å². The van der Waals surface area contributed by atoms with Gasteiger partial charge in [-0.2, -0.15) is 0 Å². The van der Waals surface area contributed by atoms with E-state index in [0.29, 0.717) is 24.3 Å². The molecule has 2 rings (SSSR count). The minimum Gasteiger partial charge on any atom is -0.497 e. The van der Waals surface area contributed by atoms with Crippen molar-refractivity contribution in [2.24, 2.45) is 0 Å². The molecule has 0 saturated carbocycles. The van der Waals surface area contributed by atoms with E-state index in [0.717, 1.165) is 6.42 Å². The average molecular weight is 261 g/mol. The lowest BCUT2D eigenvalue weighted by atomic mass is 9.88. The van der Waals surface area contributed by atoms with Crippen LogP contribution in [0, 0.1) is 0 Å². The van der Waals surface area contributed by atoms with Crippen LogP contribution in [0.15, 0.2) is 24.3 Å². The van der Waals surface area contributed by atoms with Crippen LogP contribution in [-0.4, -0.2) is 35.8 Å². The molecule has 1 aromatic rings. The molecule has 0 bridgehead atoms. The van der Waals surface area contributed by atoms with Gasteiger partial charge in [0.25, 0.3) is 5.91 Å². The Labute approximate surface area is 113 Å². The molecule has 4 heteroatoms. The first-order chi connectivity index (χ1) is 8.96. The zero-order valence-corrected chi connectivity index (χ0v) is 11.6. The fraction of sp³-hybridized carbons (Fsp3) is 0.467. The summed E-state index contributed by atoms with van der Waals surface area (Å²) in [6.07, 6.45) is 1.30. The highest BCUT2D eigenvalue weighted by molar-refractivity contribution is 6.00. The maximum atomic E-state index is 12.5. The second-order valence-electron chi connectivity index (χ2n) is 5.27. The van der Waals surface area contributed by atoms with Gasteiger partial charge in [-0.3, -0.25) is 9.59 Å². The summed E-state index contributed by atoms with van der Waals surface area (Å²) in [6.45, 7) is 4.26. The van der Waals surface area contributed by atoms with Crippen LogP contribution >= 0.6 is 0 Å². The summed E-state index contributed by atoms with van der Waals surface area (Å²) < 4.78 is 5.07. The highest BCUT2D eigenvalue weighted by Gasteiger charge is 2.40. The number of amides is 1. The number of nitrogens with zero attached hydrogens (tertiary/aromatic N) is 1. The Hall–Kier alpha value is -1.84. The SMILES string of the molecule is COc1ccc(C(=O)N2CCCC(=O)C2(C)C)cc1. The maximum absolute atomic E-state index is 12.5. The van der Waals surface area contributed by atoms with E-state index in [1.807, 2.05) is 13.8 Å². The Bertz CT molecular complexity index is 491. The van der Waals surface area contributed by atoms with Crippen molar-refractivity contribution in [2.75, 3.05) is 13.7 Å². The highest BCUT2D eigenvalue weighted by Crippen LogP contribution is 2.26. The van der Waals surface area contributed by atoms with Crippen LogP contribution in [-0.2, 0) is 4.79 Å². The second kappa shape index (κ2) is 5.03. The van der Waals surface area contributed by atoms with Crippen LogP contribution < -0.4 is 4.74 Å². The monoisotopic (exact) mass is 261 g/mol. The van der Waals surface area contributed by atoms with Gasteiger partial charge in [0, 0.05) is 18.5 Å².